The highest BCUT2D eigenvalue weighted by Gasteiger charge is 2.07. The fraction of sp³-hybridized carbons (Fsp3) is 0.158. The van der Waals surface area contributed by atoms with Crippen molar-refractivity contribution in [1.82, 2.24) is 25.3 Å². The summed E-state index contributed by atoms with van der Waals surface area (Å²) in [6, 6.07) is 9.29. The van der Waals surface area contributed by atoms with Crippen LogP contribution in [-0.4, -0.2) is 19.9 Å². The van der Waals surface area contributed by atoms with Crippen molar-refractivity contribution < 1.29 is 0 Å². The molecule has 1 aromatic carbocycles. The molecule has 4 rings (SSSR count). The topological polar surface area (TPSA) is 83.6 Å². The van der Waals surface area contributed by atoms with Crippen molar-refractivity contribution in [1.29, 1.82) is 0 Å². The number of nitrogens with one attached hydrogen (secondary N) is 2. The number of aromatic nitrogens is 4. The Bertz CT molecular complexity index is 1100. The highest BCUT2D eigenvalue weighted by atomic mass is 32.1. The van der Waals surface area contributed by atoms with Gasteiger partial charge in [0, 0.05) is 53.5 Å². The molecule has 4 aromatic rings. The number of aryl methyl sites for hydroxylation is 1. The molecule has 0 amide bonds. The summed E-state index contributed by atoms with van der Waals surface area (Å²) in [6.45, 7) is 3.15. The maximum absolute atomic E-state index is 12.3. The van der Waals surface area contributed by atoms with E-state index in [1.54, 1.807) is 24.5 Å². The van der Waals surface area contributed by atoms with Gasteiger partial charge in [0.1, 0.15) is 0 Å². The second-order valence-electron chi connectivity index (χ2n) is 6.03. The Morgan fingerprint density at radius 1 is 1.15 bits per heavy atom. The Morgan fingerprint density at radius 3 is 2.85 bits per heavy atom. The molecule has 3 aromatic heterocycles. The van der Waals surface area contributed by atoms with Gasteiger partial charge in [-0.1, -0.05) is 11.6 Å². The van der Waals surface area contributed by atoms with Gasteiger partial charge in [-0.15, -0.1) is 11.3 Å². The third kappa shape index (κ3) is 3.54. The van der Waals surface area contributed by atoms with Crippen molar-refractivity contribution in [3.63, 3.8) is 0 Å². The lowest BCUT2D eigenvalue weighted by atomic mass is 10.1. The minimum Gasteiger partial charge on any atom is -0.357 e. The highest BCUT2D eigenvalue weighted by molar-refractivity contribution is 7.13. The lowest BCUT2D eigenvalue weighted by molar-refractivity contribution is 0.671. The maximum atomic E-state index is 12.3. The summed E-state index contributed by atoms with van der Waals surface area (Å²) in [5.74, 6) is 0.637. The molecule has 0 aliphatic heterocycles. The van der Waals surface area contributed by atoms with Gasteiger partial charge in [0.05, 0.1) is 5.69 Å². The minimum atomic E-state index is 0.0384. The van der Waals surface area contributed by atoms with Gasteiger partial charge < -0.3 is 10.3 Å². The van der Waals surface area contributed by atoms with Crippen LogP contribution in [0.5, 0.6) is 0 Å². The molecule has 3 heterocycles. The van der Waals surface area contributed by atoms with E-state index in [1.165, 1.54) is 11.3 Å². The molecule has 0 saturated carbocycles. The Kier molecular flexibility index (Phi) is 4.55. The Labute approximate surface area is 154 Å². The van der Waals surface area contributed by atoms with E-state index in [0.29, 0.717) is 18.9 Å². The monoisotopic (exact) mass is 363 g/mol. The number of nitrogens with zero attached hydrogens (tertiary/aromatic N) is 3. The van der Waals surface area contributed by atoms with Crippen LogP contribution in [0.2, 0.25) is 0 Å². The third-order valence-electron chi connectivity index (χ3n) is 3.97. The Hall–Kier alpha value is -2.90. The zero-order valence-electron chi connectivity index (χ0n) is 14.2. The van der Waals surface area contributed by atoms with Crippen molar-refractivity contribution in [3.05, 3.63) is 75.3 Å². The predicted octanol–water partition coefficient (Wildman–Crippen LogP) is 3.04. The predicted molar refractivity (Wildman–Crippen MR) is 103 cm³/mol. The fourth-order valence-electron chi connectivity index (χ4n) is 2.74. The summed E-state index contributed by atoms with van der Waals surface area (Å²) in [5, 5.41) is 6.84. The van der Waals surface area contributed by atoms with Crippen LogP contribution in [0.4, 0.5) is 0 Å². The van der Waals surface area contributed by atoms with Gasteiger partial charge in [-0.05, 0) is 25.1 Å². The average Bonchev–Trinajstić information content (AvgIpc) is 3.12. The van der Waals surface area contributed by atoms with E-state index in [1.807, 2.05) is 30.5 Å². The van der Waals surface area contributed by atoms with E-state index in [2.05, 4.69) is 25.3 Å². The number of hydrogen-bond acceptors (Lipinski definition) is 6. The van der Waals surface area contributed by atoms with E-state index in [4.69, 9.17) is 0 Å². The van der Waals surface area contributed by atoms with E-state index >= 15 is 0 Å². The first kappa shape index (κ1) is 16.6. The highest BCUT2D eigenvalue weighted by Crippen LogP contribution is 2.19. The molecule has 130 valence electrons. The molecule has 2 N–H and O–H groups in total. The van der Waals surface area contributed by atoms with Gasteiger partial charge in [-0.2, -0.15) is 0 Å². The standard InChI is InChI=1S/C19H17N5OS/c1-12-3-4-16-15(7-12)17(25)8-13(23-16)9-20-10-14-11-26-19(24-14)18-21-5-2-6-22-18/h2-8,11,20H,9-10H2,1H3,(H,23,25). The summed E-state index contributed by atoms with van der Waals surface area (Å²) in [4.78, 5) is 28.6. The van der Waals surface area contributed by atoms with E-state index in [0.717, 1.165) is 32.9 Å². The fourth-order valence-corrected chi connectivity index (χ4v) is 3.50. The first-order chi connectivity index (χ1) is 12.7. The summed E-state index contributed by atoms with van der Waals surface area (Å²) in [5.41, 5.74) is 3.76. The van der Waals surface area contributed by atoms with Gasteiger partial charge in [-0.25, -0.2) is 15.0 Å². The molecular weight excluding hydrogens is 346 g/mol. The number of H-pyrrole nitrogens is 1. The number of thiazole rings is 1. The van der Waals surface area contributed by atoms with E-state index in [-0.39, 0.29) is 5.43 Å². The van der Waals surface area contributed by atoms with Crippen molar-refractivity contribution in [2.24, 2.45) is 0 Å². The van der Waals surface area contributed by atoms with Gasteiger partial charge in [0.25, 0.3) is 0 Å². The molecule has 0 radical (unpaired) electrons. The van der Waals surface area contributed by atoms with Gasteiger partial charge >= 0.3 is 0 Å². The van der Waals surface area contributed by atoms with Crippen LogP contribution in [0, 0.1) is 6.92 Å². The molecule has 0 aliphatic carbocycles. The normalized spacial score (nSPS) is 11.1. The van der Waals surface area contributed by atoms with Crippen LogP contribution >= 0.6 is 11.3 Å². The molecule has 0 aliphatic rings. The van der Waals surface area contributed by atoms with Crippen LogP contribution < -0.4 is 10.7 Å². The molecular formula is C19H17N5OS. The lowest BCUT2D eigenvalue weighted by Crippen LogP contribution is -2.16. The summed E-state index contributed by atoms with van der Waals surface area (Å²) in [6.07, 6.45) is 3.42. The van der Waals surface area contributed by atoms with Crippen LogP contribution in [0.25, 0.3) is 21.7 Å². The first-order valence-electron chi connectivity index (χ1n) is 8.24. The smallest absolute Gasteiger partial charge is 0.189 e. The number of benzene rings is 1. The largest absolute Gasteiger partial charge is 0.357 e. The number of fused-ring (bicyclic) bond motifs is 1. The van der Waals surface area contributed by atoms with Gasteiger partial charge in [-0.3, -0.25) is 4.79 Å². The Balaban J connectivity index is 1.44. The number of aromatic amines is 1. The Morgan fingerprint density at radius 2 is 2.00 bits per heavy atom. The molecule has 0 saturated heterocycles. The molecule has 0 atom stereocenters. The lowest BCUT2D eigenvalue weighted by Gasteiger charge is -2.06. The zero-order valence-corrected chi connectivity index (χ0v) is 15.0. The molecule has 0 spiro atoms. The third-order valence-corrected chi connectivity index (χ3v) is 4.86. The molecule has 6 nitrogen and oxygen atoms in total. The van der Waals surface area contributed by atoms with Crippen LogP contribution in [0.3, 0.4) is 0 Å². The van der Waals surface area contributed by atoms with Crippen LogP contribution in [0.1, 0.15) is 17.0 Å². The second-order valence-corrected chi connectivity index (χ2v) is 6.89. The van der Waals surface area contributed by atoms with Gasteiger partial charge in [0.15, 0.2) is 16.3 Å². The minimum absolute atomic E-state index is 0.0384. The van der Waals surface area contributed by atoms with Crippen molar-refractivity contribution in [2.45, 2.75) is 20.0 Å². The maximum Gasteiger partial charge on any atom is 0.189 e. The number of pyridine rings is 1. The quantitative estimate of drug-likeness (QED) is 0.569. The summed E-state index contributed by atoms with van der Waals surface area (Å²) >= 11 is 1.52. The van der Waals surface area contributed by atoms with E-state index in [9.17, 15) is 4.79 Å². The van der Waals surface area contributed by atoms with Gasteiger partial charge in [0.2, 0.25) is 0 Å². The molecule has 0 unspecified atom stereocenters. The molecule has 7 heteroatoms. The van der Waals surface area contributed by atoms with Crippen molar-refractivity contribution in [2.75, 3.05) is 0 Å². The van der Waals surface area contributed by atoms with Crippen molar-refractivity contribution in [3.8, 4) is 10.8 Å². The SMILES string of the molecule is Cc1ccc2[nH]c(CNCc3csc(-c4ncccn4)n3)cc(=O)c2c1. The average molecular weight is 363 g/mol. The number of hydrogen-bond donors (Lipinski definition) is 2. The molecule has 26 heavy (non-hydrogen) atoms. The number of rotatable bonds is 5. The van der Waals surface area contributed by atoms with Crippen LogP contribution in [0.15, 0.2) is 52.9 Å². The second kappa shape index (κ2) is 7.15. The van der Waals surface area contributed by atoms with E-state index < -0.39 is 0 Å². The van der Waals surface area contributed by atoms with Crippen molar-refractivity contribution >= 4 is 22.2 Å². The summed E-state index contributed by atoms with van der Waals surface area (Å²) in [7, 11) is 0. The summed E-state index contributed by atoms with van der Waals surface area (Å²) < 4.78 is 0. The zero-order chi connectivity index (χ0) is 17.9. The molecule has 0 fully saturated rings. The van der Waals surface area contributed by atoms with Crippen LogP contribution in [-0.2, 0) is 13.1 Å². The first-order valence-corrected chi connectivity index (χ1v) is 9.12. The molecule has 0 bridgehead atoms.